The Morgan fingerprint density at radius 2 is 1.71 bits per heavy atom. The van der Waals surface area contributed by atoms with Gasteiger partial charge in [0.25, 0.3) is 0 Å². The maximum atomic E-state index is 13.6. The molecular formula is C25H33N5O. The van der Waals surface area contributed by atoms with Crippen molar-refractivity contribution in [3.8, 4) is 0 Å². The lowest BCUT2D eigenvalue weighted by Gasteiger charge is -2.18. The van der Waals surface area contributed by atoms with Gasteiger partial charge in [0, 0.05) is 6.04 Å². The second-order valence-corrected chi connectivity index (χ2v) is 9.10. The molecule has 0 amide bonds. The van der Waals surface area contributed by atoms with Gasteiger partial charge in [0.2, 0.25) is 0 Å². The first-order chi connectivity index (χ1) is 14.9. The Balaban J connectivity index is 1.90. The van der Waals surface area contributed by atoms with Gasteiger partial charge < -0.3 is 10.7 Å². The number of nitrogens with zero attached hydrogens (tertiary/aromatic N) is 3. The van der Waals surface area contributed by atoms with Crippen LogP contribution < -0.4 is 11.4 Å². The summed E-state index contributed by atoms with van der Waals surface area (Å²) in [6.45, 7) is 9.17. The summed E-state index contributed by atoms with van der Waals surface area (Å²) in [7, 11) is 0. The largest absolute Gasteiger partial charge is 0.340 e. The van der Waals surface area contributed by atoms with Crippen LogP contribution in [-0.4, -0.2) is 25.6 Å². The molecule has 6 heteroatoms. The summed E-state index contributed by atoms with van der Waals surface area (Å²) in [5, 5.41) is 0. The molecule has 0 fully saturated rings. The monoisotopic (exact) mass is 419 g/mol. The first-order valence-electron chi connectivity index (χ1n) is 11.3. The normalized spacial score (nSPS) is 13.1. The number of H-pyrrole nitrogens is 1. The molecule has 2 aromatic carbocycles. The highest BCUT2D eigenvalue weighted by Gasteiger charge is 2.25. The molecular weight excluding hydrogens is 386 g/mol. The van der Waals surface area contributed by atoms with Crippen molar-refractivity contribution < 1.29 is 0 Å². The molecule has 2 heterocycles. The van der Waals surface area contributed by atoms with E-state index in [4.69, 9.17) is 10.7 Å². The zero-order valence-corrected chi connectivity index (χ0v) is 18.9. The van der Waals surface area contributed by atoms with Gasteiger partial charge in [-0.1, -0.05) is 32.0 Å². The van der Waals surface area contributed by atoms with E-state index in [1.165, 1.54) is 5.56 Å². The van der Waals surface area contributed by atoms with Crippen LogP contribution in [0.5, 0.6) is 0 Å². The fraction of sp³-hybridized carbons (Fsp3) is 0.440. The van der Waals surface area contributed by atoms with Crippen LogP contribution in [0.25, 0.3) is 22.1 Å². The molecule has 0 spiro atoms. The van der Waals surface area contributed by atoms with Crippen LogP contribution in [-0.2, 0) is 6.42 Å². The lowest BCUT2D eigenvalue weighted by atomic mass is 10.0. The number of aromatic amines is 1. The molecule has 31 heavy (non-hydrogen) atoms. The molecule has 4 rings (SSSR count). The van der Waals surface area contributed by atoms with Gasteiger partial charge in [-0.3, -0.25) is 9.13 Å². The third-order valence-electron chi connectivity index (χ3n) is 5.97. The number of hydrogen-bond donors (Lipinski definition) is 2. The van der Waals surface area contributed by atoms with Gasteiger partial charge in [-0.2, -0.15) is 0 Å². The van der Waals surface area contributed by atoms with Crippen molar-refractivity contribution in [2.24, 2.45) is 11.7 Å². The Bertz CT molecular complexity index is 1240. The Hall–Kier alpha value is -2.86. The van der Waals surface area contributed by atoms with E-state index in [1.54, 1.807) is 0 Å². The van der Waals surface area contributed by atoms with Gasteiger partial charge in [0.15, 0.2) is 0 Å². The first-order valence-corrected chi connectivity index (χ1v) is 11.3. The number of fused-ring (bicyclic) bond motifs is 2. The minimum atomic E-state index is -0.148. The summed E-state index contributed by atoms with van der Waals surface area (Å²) < 4.78 is 3.83. The van der Waals surface area contributed by atoms with E-state index in [1.807, 2.05) is 39.5 Å². The molecule has 3 N–H and O–H groups in total. The summed E-state index contributed by atoms with van der Waals surface area (Å²) in [4.78, 5) is 22.1. The Morgan fingerprint density at radius 1 is 1.00 bits per heavy atom. The van der Waals surface area contributed by atoms with Crippen molar-refractivity contribution in [1.29, 1.82) is 0 Å². The van der Waals surface area contributed by atoms with Crippen LogP contribution in [0.4, 0.5) is 0 Å². The van der Waals surface area contributed by atoms with Crippen LogP contribution in [0.1, 0.15) is 64.0 Å². The summed E-state index contributed by atoms with van der Waals surface area (Å²) in [6.07, 6.45) is 2.69. The quantitative estimate of drug-likeness (QED) is 0.431. The van der Waals surface area contributed by atoms with E-state index < -0.39 is 0 Å². The highest BCUT2D eigenvalue weighted by atomic mass is 16.1. The summed E-state index contributed by atoms with van der Waals surface area (Å²) >= 11 is 0. The Kier molecular flexibility index (Phi) is 6.01. The predicted octanol–water partition coefficient (Wildman–Crippen LogP) is 4.79. The Morgan fingerprint density at radius 3 is 2.35 bits per heavy atom. The zero-order chi connectivity index (χ0) is 22.1. The molecule has 0 aliphatic carbocycles. The smallest absolute Gasteiger partial charge is 0.330 e. The molecule has 2 aromatic heterocycles. The van der Waals surface area contributed by atoms with Crippen LogP contribution in [0, 0.1) is 5.92 Å². The number of nitrogens with two attached hydrogens (primary N) is 1. The number of hydrogen-bond acceptors (Lipinski definition) is 3. The van der Waals surface area contributed by atoms with E-state index in [0.717, 1.165) is 47.2 Å². The molecule has 0 saturated carbocycles. The molecule has 6 nitrogen and oxygen atoms in total. The molecule has 1 unspecified atom stereocenters. The molecule has 0 aliphatic heterocycles. The average Bonchev–Trinajstić information content (AvgIpc) is 3.27. The molecule has 4 aromatic rings. The maximum Gasteiger partial charge on any atom is 0.330 e. The van der Waals surface area contributed by atoms with Crippen molar-refractivity contribution in [1.82, 2.24) is 19.1 Å². The Labute approximate surface area is 183 Å². The van der Waals surface area contributed by atoms with Crippen molar-refractivity contribution in [3.05, 3.63) is 64.3 Å². The van der Waals surface area contributed by atoms with Gasteiger partial charge in [-0.05, 0) is 75.4 Å². The average molecular weight is 420 g/mol. The topological polar surface area (TPSA) is 81.6 Å². The van der Waals surface area contributed by atoms with E-state index in [2.05, 4.69) is 44.8 Å². The van der Waals surface area contributed by atoms with Crippen molar-refractivity contribution in [2.45, 2.75) is 59.0 Å². The standard InChI is InChI=1S/C25H33N5O/c1-16(2)9-12-23(24-27-19-11-10-18(13-14-26)15-20(19)28-24)30-22-8-6-5-7-21(22)29(17(3)4)25(30)31/h5-8,10-11,15-17,23H,9,12-14,26H2,1-4H3,(H,27,28). The van der Waals surface area contributed by atoms with Crippen LogP contribution in [0.15, 0.2) is 47.3 Å². The fourth-order valence-electron chi connectivity index (χ4n) is 4.43. The van der Waals surface area contributed by atoms with Gasteiger partial charge in [0.05, 0.1) is 28.1 Å². The minimum Gasteiger partial charge on any atom is -0.340 e. The molecule has 1 atom stereocenters. The lowest BCUT2D eigenvalue weighted by molar-refractivity contribution is 0.438. The number of benzene rings is 2. The van der Waals surface area contributed by atoms with Crippen LogP contribution >= 0.6 is 0 Å². The van der Waals surface area contributed by atoms with Gasteiger partial charge >= 0.3 is 5.69 Å². The van der Waals surface area contributed by atoms with Gasteiger partial charge in [0.1, 0.15) is 5.82 Å². The number of para-hydroxylation sites is 2. The fourth-order valence-corrected chi connectivity index (χ4v) is 4.43. The number of aromatic nitrogens is 4. The van der Waals surface area contributed by atoms with Crippen molar-refractivity contribution >= 4 is 22.1 Å². The maximum absolute atomic E-state index is 13.6. The first kappa shape index (κ1) is 21.4. The van der Waals surface area contributed by atoms with Crippen LogP contribution in [0.2, 0.25) is 0 Å². The van der Waals surface area contributed by atoms with Gasteiger partial charge in [-0.15, -0.1) is 0 Å². The summed E-state index contributed by atoms with van der Waals surface area (Å²) in [5.41, 5.74) is 10.8. The second-order valence-electron chi connectivity index (χ2n) is 9.10. The third-order valence-corrected chi connectivity index (χ3v) is 5.97. The molecule has 164 valence electrons. The van der Waals surface area contributed by atoms with E-state index in [9.17, 15) is 4.79 Å². The predicted molar refractivity (Wildman–Crippen MR) is 128 cm³/mol. The minimum absolute atomic E-state index is 0.0224. The van der Waals surface area contributed by atoms with E-state index >= 15 is 0 Å². The van der Waals surface area contributed by atoms with Crippen LogP contribution in [0.3, 0.4) is 0 Å². The highest BCUT2D eigenvalue weighted by Crippen LogP contribution is 2.29. The zero-order valence-electron chi connectivity index (χ0n) is 18.9. The molecule has 0 bridgehead atoms. The number of rotatable bonds is 8. The van der Waals surface area contributed by atoms with Crippen molar-refractivity contribution in [2.75, 3.05) is 6.54 Å². The number of imidazole rings is 2. The summed E-state index contributed by atoms with van der Waals surface area (Å²) in [5.74, 6) is 1.38. The van der Waals surface area contributed by atoms with E-state index in [-0.39, 0.29) is 17.8 Å². The van der Waals surface area contributed by atoms with Crippen molar-refractivity contribution in [3.63, 3.8) is 0 Å². The third kappa shape index (κ3) is 4.04. The molecule has 0 aliphatic rings. The summed E-state index contributed by atoms with van der Waals surface area (Å²) in [6, 6.07) is 14.3. The number of nitrogens with one attached hydrogen (secondary N) is 1. The van der Waals surface area contributed by atoms with E-state index in [0.29, 0.717) is 12.5 Å². The molecule has 0 saturated heterocycles. The lowest BCUT2D eigenvalue weighted by Crippen LogP contribution is -2.29. The molecule has 0 radical (unpaired) electrons. The SMILES string of the molecule is CC(C)CCC(c1nc2ccc(CCN)cc2[nH]1)n1c(=O)n(C(C)C)c2ccccc21. The second kappa shape index (κ2) is 8.71. The van der Waals surface area contributed by atoms with Gasteiger partial charge in [-0.25, -0.2) is 9.78 Å². The highest BCUT2D eigenvalue weighted by molar-refractivity contribution is 5.78.